The monoisotopic (exact) mass is 304 g/mol. The second kappa shape index (κ2) is 6.07. The Kier molecular flexibility index (Phi) is 3.99. The Labute approximate surface area is 126 Å². The smallest absolute Gasteiger partial charge is 0.137 e. The molecular formula is C14H13ClN4S. The van der Waals surface area contributed by atoms with Gasteiger partial charge in [0, 0.05) is 17.1 Å². The van der Waals surface area contributed by atoms with E-state index in [4.69, 9.17) is 11.6 Å². The second-order valence-electron chi connectivity index (χ2n) is 4.35. The molecule has 0 saturated heterocycles. The minimum Gasteiger partial charge on any atom is -0.380 e. The molecule has 0 unspecified atom stereocenters. The van der Waals surface area contributed by atoms with Crippen molar-refractivity contribution in [2.24, 2.45) is 0 Å². The van der Waals surface area contributed by atoms with E-state index in [0.29, 0.717) is 0 Å². The molecule has 0 bridgehead atoms. The number of anilines is 1. The highest BCUT2D eigenvalue weighted by molar-refractivity contribution is 7.16. The van der Waals surface area contributed by atoms with Crippen molar-refractivity contribution in [3.05, 3.63) is 63.8 Å². The van der Waals surface area contributed by atoms with E-state index in [1.165, 1.54) is 10.4 Å². The molecule has 0 aliphatic carbocycles. The molecule has 0 atom stereocenters. The van der Waals surface area contributed by atoms with Crippen LogP contribution in [0.2, 0.25) is 4.34 Å². The van der Waals surface area contributed by atoms with E-state index in [9.17, 15) is 0 Å². The van der Waals surface area contributed by atoms with Crippen molar-refractivity contribution in [3.63, 3.8) is 0 Å². The first kappa shape index (κ1) is 13.1. The van der Waals surface area contributed by atoms with Crippen LogP contribution in [0.4, 0.5) is 5.69 Å². The molecule has 2 aromatic heterocycles. The number of nitrogens with one attached hydrogen (secondary N) is 1. The third-order valence-corrected chi connectivity index (χ3v) is 4.09. The summed E-state index contributed by atoms with van der Waals surface area (Å²) in [7, 11) is 0. The van der Waals surface area contributed by atoms with E-state index in [0.717, 1.165) is 23.1 Å². The maximum absolute atomic E-state index is 5.91. The van der Waals surface area contributed by atoms with Crippen LogP contribution in [0.3, 0.4) is 0 Å². The molecule has 0 radical (unpaired) electrons. The minimum atomic E-state index is 0.737. The van der Waals surface area contributed by atoms with Crippen LogP contribution in [0.25, 0.3) is 0 Å². The van der Waals surface area contributed by atoms with Gasteiger partial charge in [-0.3, -0.25) is 0 Å². The van der Waals surface area contributed by atoms with E-state index in [-0.39, 0.29) is 0 Å². The van der Waals surface area contributed by atoms with Crippen LogP contribution in [0.1, 0.15) is 10.4 Å². The largest absolute Gasteiger partial charge is 0.380 e. The fourth-order valence-electron chi connectivity index (χ4n) is 1.87. The molecule has 0 saturated carbocycles. The van der Waals surface area contributed by atoms with Gasteiger partial charge in [0.05, 0.1) is 10.9 Å². The van der Waals surface area contributed by atoms with E-state index < -0.39 is 0 Å². The predicted molar refractivity (Wildman–Crippen MR) is 82.2 cm³/mol. The van der Waals surface area contributed by atoms with Gasteiger partial charge in [0.2, 0.25) is 0 Å². The van der Waals surface area contributed by atoms with Gasteiger partial charge in [0.25, 0.3) is 0 Å². The Hall–Kier alpha value is -1.85. The van der Waals surface area contributed by atoms with Crippen LogP contribution < -0.4 is 5.32 Å². The van der Waals surface area contributed by atoms with Gasteiger partial charge in [0.15, 0.2) is 0 Å². The quantitative estimate of drug-likeness (QED) is 0.782. The zero-order valence-electron chi connectivity index (χ0n) is 10.7. The number of benzene rings is 1. The van der Waals surface area contributed by atoms with Gasteiger partial charge in [-0.1, -0.05) is 23.7 Å². The summed E-state index contributed by atoms with van der Waals surface area (Å²) in [5.74, 6) is 0. The van der Waals surface area contributed by atoms with Crippen LogP contribution in [-0.4, -0.2) is 14.8 Å². The first-order valence-electron chi connectivity index (χ1n) is 6.19. The van der Waals surface area contributed by atoms with Crippen LogP contribution in [0.15, 0.2) is 49.1 Å². The van der Waals surface area contributed by atoms with Crippen molar-refractivity contribution >= 4 is 28.6 Å². The topological polar surface area (TPSA) is 42.7 Å². The van der Waals surface area contributed by atoms with Crippen molar-refractivity contribution in [1.82, 2.24) is 14.8 Å². The molecule has 0 aliphatic heterocycles. The molecule has 6 heteroatoms. The van der Waals surface area contributed by atoms with E-state index in [1.807, 2.05) is 12.1 Å². The van der Waals surface area contributed by atoms with E-state index >= 15 is 0 Å². The molecule has 102 valence electrons. The number of rotatable bonds is 5. The zero-order valence-corrected chi connectivity index (χ0v) is 12.2. The average Bonchev–Trinajstić information content (AvgIpc) is 3.10. The standard InChI is InChI=1S/C14H13ClN4S/c15-14-6-5-13(20-14)7-17-12-3-1-11(2-4-12)8-19-10-16-9-18-19/h1-6,9-10,17H,7-8H2. The van der Waals surface area contributed by atoms with Crippen molar-refractivity contribution in [2.45, 2.75) is 13.1 Å². The van der Waals surface area contributed by atoms with E-state index in [2.05, 4.69) is 39.7 Å². The van der Waals surface area contributed by atoms with Crippen molar-refractivity contribution in [1.29, 1.82) is 0 Å². The van der Waals surface area contributed by atoms with Gasteiger partial charge in [-0.15, -0.1) is 11.3 Å². The van der Waals surface area contributed by atoms with Gasteiger partial charge < -0.3 is 5.32 Å². The number of hydrogen-bond donors (Lipinski definition) is 1. The average molecular weight is 305 g/mol. The lowest BCUT2D eigenvalue weighted by atomic mass is 10.2. The van der Waals surface area contributed by atoms with Crippen molar-refractivity contribution < 1.29 is 0 Å². The Morgan fingerprint density at radius 1 is 1.15 bits per heavy atom. The Morgan fingerprint density at radius 3 is 2.65 bits per heavy atom. The fourth-order valence-corrected chi connectivity index (χ4v) is 2.89. The normalized spacial score (nSPS) is 10.7. The Balaban J connectivity index is 1.58. The lowest BCUT2D eigenvalue weighted by Gasteiger charge is -2.06. The second-order valence-corrected chi connectivity index (χ2v) is 6.15. The van der Waals surface area contributed by atoms with Crippen LogP contribution in [-0.2, 0) is 13.1 Å². The predicted octanol–water partition coefficient (Wildman–Crippen LogP) is 3.65. The summed E-state index contributed by atoms with van der Waals surface area (Å²) in [5, 5.41) is 7.47. The van der Waals surface area contributed by atoms with Crippen LogP contribution >= 0.6 is 22.9 Å². The molecule has 0 spiro atoms. The Bertz CT molecular complexity index is 661. The molecule has 1 N–H and O–H groups in total. The summed E-state index contributed by atoms with van der Waals surface area (Å²) >= 11 is 7.51. The van der Waals surface area contributed by atoms with Gasteiger partial charge in [-0.05, 0) is 29.8 Å². The molecule has 0 fully saturated rings. The van der Waals surface area contributed by atoms with E-state index in [1.54, 1.807) is 28.7 Å². The fraction of sp³-hybridized carbons (Fsp3) is 0.143. The van der Waals surface area contributed by atoms with Crippen LogP contribution in [0.5, 0.6) is 0 Å². The molecule has 2 heterocycles. The third-order valence-electron chi connectivity index (χ3n) is 2.86. The first-order chi connectivity index (χ1) is 9.79. The zero-order chi connectivity index (χ0) is 13.8. The molecule has 3 aromatic rings. The summed E-state index contributed by atoms with van der Waals surface area (Å²) in [4.78, 5) is 5.15. The minimum absolute atomic E-state index is 0.737. The maximum Gasteiger partial charge on any atom is 0.137 e. The molecule has 4 nitrogen and oxygen atoms in total. The van der Waals surface area contributed by atoms with Gasteiger partial charge in [0.1, 0.15) is 12.7 Å². The van der Waals surface area contributed by atoms with Crippen molar-refractivity contribution in [2.75, 3.05) is 5.32 Å². The lowest BCUT2D eigenvalue weighted by molar-refractivity contribution is 0.685. The molecule has 0 amide bonds. The molecule has 20 heavy (non-hydrogen) atoms. The number of hydrogen-bond acceptors (Lipinski definition) is 4. The first-order valence-corrected chi connectivity index (χ1v) is 7.38. The highest BCUT2D eigenvalue weighted by Gasteiger charge is 1.99. The number of aromatic nitrogens is 3. The summed E-state index contributed by atoms with van der Waals surface area (Å²) in [6, 6.07) is 12.3. The Morgan fingerprint density at radius 2 is 2.00 bits per heavy atom. The number of nitrogens with zero attached hydrogens (tertiary/aromatic N) is 3. The summed E-state index contributed by atoms with van der Waals surface area (Å²) in [6.07, 6.45) is 3.26. The molecule has 1 aromatic carbocycles. The highest BCUT2D eigenvalue weighted by Crippen LogP contribution is 2.22. The number of halogens is 1. The van der Waals surface area contributed by atoms with Crippen LogP contribution in [0, 0.1) is 0 Å². The summed E-state index contributed by atoms with van der Waals surface area (Å²) in [6.45, 7) is 1.53. The highest BCUT2D eigenvalue weighted by atomic mass is 35.5. The summed E-state index contributed by atoms with van der Waals surface area (Å²) in [5.41, 5.74) is 2.29. The van der Waals surface area contributed by atoms with Gasteiger partial charge in [-0.25, -0.2) is 9.67 Å². The molecule has 0 aliphatic rings. The third kappa shape index (κ3) is 3.37. The molecular weight excluding hydrogens is 292 g/mol. The maximum atomic E-state index is 5.91. The van der Waals surface area contributed by atoms with Crippen molar-refractivity contribution in [3.8, 4) is 0 Å². The van der Waals surface area contributed by atoms with Gasteiger partial charge >= 0.3 is 0 Å². The lowest BCUT2D eigenvalue weighted by Crippen LogP contribution is -2.01. The SMILES string of the molecule is Clc1ccc(CNc2ccc(Cn3cncn3)cc2)s1. The molecule has 3 rings (SSSR count). The van der Waals surface area contributed by atoms with Gasteiger partial charge in [-0.2, -0.15) is 5.10 Å². The summed E-state index contributed by atoms with van der Waals surface area (Å²) < 4.78 is 2.63. The number of thiophene rings is 1.